The number of imide groups is 2. The molecule has 5 heterocycles. The molecule has 9 rings (SSSR count). The Bertz CT molecular complexity index is 2410. The molecule has 1 atom stereocenters. The molecule has 14 nitrogen and oxygen atoms in total. The first-order chi connectivity index (χ1) is 29.3. The quantitative estimate of drug-likeness (QED) is 0.151. The number of pyridine rings is 1. The van der Waals surface area contributed by atoms with Crippen LogP contribution < -0.4 is 20.7 Å². The van der Waals surface area contributed by atoms with Gasteiger partial charge >= 0.3 is 6.18 Å². The van der Waals surface area contributed by atoms with E-state index in [0.717, 1.165) is 93.4 Å². The Labute approximate surface area is 349 Å². The number of alkyl halides is 3. The maximum atomic E-state index is 13.5. The maximum absolute atomic E-state index is 13.5. The molecule has 5 amide bonds. The fourth-order valence-electron chi connectivity index (χ4n) is 10.2. The van der Waals surface area contributed by atoms with E-state index in [0.29, 0.717) is 52.0 Å². The van der Waals surface area contributed by atoms with Crippen molar-refractivity contribution < 1.29 is 41.9 Å². The number of carbonyl (C=O) groups excluding carboxylic acids is 5. The number of carbonyl (C=O) groups is 5. The number of nitrogens with zero attached hydrogens (tertiary/aromatic N) is 5. The highest BCUT2D eigenvalue weighted by atomic mass is 19.4. The molecular weight excluding hydrogens is 794 g/mol. The molecule has 0 unspecified atom stereocenters. The molecule has 2 aliphatic carbocycles. The second-order valence-electron chi connectivity index (χ2n) is 17.4. The Balaban J connectivity index is 0.732. The molecule has 3 N–H and O–H groups in total. The number of fused-ring (bicyclic) bond motifs is 2. The van der Waals surface area contributed by atoms with Crippen LogP contribution in [0.1, 0.15) is 107 Å². The standard InChI is InChI=1S/C44H47F3N8O6/c1-61-35-19-32-27(18-33(35)50-39(57)31-6-3-7-36(49-31)44(45,46)47)24-54(52-32)28-10-8-25(9-11-28)23-53-16-14-43(15-17-53)20-26(21-43)22-48-30-5-2-4-29-38(30)42(60)55(41(29)59)34-12-13-37(56)51-40(34)58/h2-7,18-19,24-26,28,34,48H,8-17,20-23H2,1H3,(H,50,57)(H,51,56,58)/t25-,28-,34-/m1/s1. The van der Waals surface area contributed by atoms with Gasteiger partial charge in [0.2, 0.25) is 11.8 Å². The summed E-state index contributed by atoms with van der Waals surface area (Å²) in [4.78, 5) is 70.9. The molecular formula is C44H47F3N8O6. The zero-order valence-electron chi connectivity index (χ0n) is 33.7. The Kier molecular flexibility index (Phi) is 10.6. The number of piperidine rings is 2. The lowest BCUT2D eigenvalue weighted by Crippen LogP contribution is -2.54. The highest BCUT2D eigenvalue weighted by Crippen LogP contribution is 2.53. The summed E-state index contributed by atoms with van der Waals surface area (Å²) in [5.41, 5.74) is 1.03. The average Bonchev–Trinajstić information content (AvgIpc) is 3.76. The predicted molar refractivity (Wildman–Crippen MR) is 217 cm³/mol. The van der Waals surface area contributed by atoms with Gasteiger partial charge in [0.05, 0.1) is 35.5 Å². The van der Waals surface area contributed by atoms with E-state index in [1.807, 2.05) is 10.9 Å². The summed E-state index contributed by atoms with van der Waals surface area (Å²) < 4.78 is 47.0. The Morgan fingerprint density at radius 1 is 0.934 bits per heavy atom. The van der Waals surface area contributed by atoms with Gasteiger partial charge in [0, 0.05) is 42.8 Å². The molecule has 320 valence electrons. The number of halogens is 3. The van der Waals surface area contributed by atoms with E-state index in [9.17, 15) is 37.1 Å². The highest BCUT2D eigenvalue weighted by Gasteiger charge is 2.48. The van der Waals surface area contributed by atoms with Crippen LogP contribution in [0.15, 0.2) is 54.7 Å². The van der Waals surface area contributed by atoms with Crippen LogP contribution in [0.4, 0.5) is 24.5 Å². The summed E-state index contributed by atoms with van der Waals surface area (Å²) in [6.45, 7) is 3.93. The Hall–Kier alpha value is -5.84. The lowest BCUT2D eigenvalue weighted by molar-refractivity contribution is -0.141. The van der Waals surface area contributed by atoms with Crippen LogP contribution in [-0.2, 0) is 15.8 Å². The van der Waals surface area contributed by atoms with Crippen LogP contribution in [-0.4, -0.2) is 93.4 Å². The third kappa shape index (κ3) is 7.95. The van der Waals surface area contributed by atoms with Gasteiger partial charge in [0.25, 0.3) is 17.7 Å². The van der Waals surface area contributed by atoms with Gasteiger partial charge in [0.1, 0.15) is 23.2 Å². The van der Waals surface area contributed by atoms with Crippen molar-refractivity contribution in [1.82, 2.24) is 29.9 Å². The number of aromatic nitrogens is 3. The number of amides is 5. The molecule has 2 aromatic carbocycles. The highest BCUT2D eigenvalue weighted by molar-refractivity contribution is 6.25. The first-order valence-electron chi connectivity index (χ1n) is 21.0. The fourth-order valence-corrected chi connectivity index (χ4v) is 10.2. The molecule has 4 fully saturated rings. The number of nitrogens with one attached hydrogen (secondary N) is 3. The van der Waals surface area contributed by atoms with Crippen molar-refractivity contribution in [2.24, 2.45) is 17.3 Å². The van der Waals surface area contributed by atoms with Crippen molar-refractivity contribution in [3.05, 3.63) is 77.2 Å². The number of hydrogen-bond acceptors (Lipinski definition) is 10. The van der Waals surface area contributed by atoms with Gasteiger partial charge in [0.15, 0.2) is 0 Å². The van der Waals surface area contributed by atoms with Crippen LogP contribution in [0.2, 0.25) is 0 Å². The van der Waals surface area contributed by atoms with E-state index >= 15 is 0 Å². The molecule has 3 aliphatic heterocycles. The normalized spacial score (nSPS) is 23.2. The monoisotopic (exact) mass is 840 g/mol. The van der Waals surface area contributed by atoms with Crippen molar-refractivity contribution in [3.63, 3.8) is 0 Å². The van der Waals surface area contributed by atoms with E-state index in [1.165, 1.54) is 13.2 Å². The molecule has 2 saturated carbocycles. The number of methoxy groups -OCH3 is 1. The molecule has 2 saturated heterocycles. The van der Waals surface area contributed by atoms with Crippen molar-refractivity contribution in [1.29, 1.82) is 0 Å². The third-order valence-corrected chi connectivity index (χ3v) is 13.5. The summed E-state index contributed by atoms with van der Waals surface area (Å²) in [5, 5.41) is 14.0. The molecule has 0 radical (unpaired) electrons. The summed E-state index contributed by atoms with van der Waals surface area (Å²) in [7, 11) is 1.46. The first-order valence-corrected chi connectivity index (χ1v) is 21.0. The lowest BCUT2D eigenvalue weighted by atomic mass is 9.57. The second kappa shape index (κ2) is 15.9. The van der Waals surface area contributed by atoms with Crippen molar-refractivity contribution >= 4 is 51.8 Å². The molecule has 1 spiro atoms. The lowest BCUT2D eigenvalue weighted by Gasteiger charge is -2.53. The number of anilines is 2. The van der Waals surface area contributed by atoms with Gasteiger partial charge in [-0.25, -0.2) is 4.98 Å². The maximum Gasteiger partial charge on any atom is 0.433 e. The van der Waals surface area contributed by atoms with Crippen molar-refractivity contribution in [3.8, 4) is 5.75 Å². The van der Waals surface area contributed by atoms with Crippen LogP contribution in [0.25, 0.3) is 10.9 Å². The zero-order chi connectivity index (χ0) is 42.6. The van der Waals surface area contributed by atoms with E-state index in [2.05, 4.69) is 25.8 Å². The van der Waals surface area contributed by atoms with E-state index in [1.54, 1.807) is 30.3 Å². The second-order valence-corrected chi connectivity index (χ2v) is 17.4. The summed E-state index contributed by atoms with van der Waals surface area (Å²) >= 11 is 0. The van der Waals surface area contributed by atoms with Gasteiger partial charge in [-0.1, -0.05) is 12.1 Å². The molecule has 61 heavy (non-hydrogen) atoms. The van der Waals surface area contributed by atoms with Gasteiger partial charge in [-0.15, -0.1) is 0 Å². The van der Waals surface area contributed by atoms with Crippen LogP contribution in [0.5, 0.6) is 5.75 Å². The molecule has 2 aromatic heterocycles. The van der Waals surface area contributed by atoms with E-state index < -0.39 is 47.4 Å². The van der Waals surface area contributed by atoms with Crippen molar-refractivity contribution in [2.45, 2.75) is 82.5 Å². The van der Waals surface area contributed by atoms with E-state index in [4.69, 9.17) is 9.84 Å². The van der Waals surface area contributed by atoms with Crippen LogP contribution in [0, 0.1) is 17.3 Å². The van der Waals surface area contributed by atoms with Gasteiger partial charge in [-0.2, -0.15) is 18.3 Å². The number of likely N-dealkylation sites (tertiary alicyclic amines) is 1. The number of ether oxygens (including phenoxy) is 1. The fraction of sp³-hybridized carbons (Fsp3) is 0.477. The molecule has 17 heteroatoms. The summed E-state index contributed by atoms with van der Waals surface area (Å²) in [5.74, 6) is -1.40. The minimum Gasteiger partial charge on any atom is -0.494 e. The third-order valence-electron chi connectivity index (χ3n) is 13.5. The zero-order valence-corrected chi connectivity index (χ0v) is 33.7. The average molecular weight is 841 g/mol. The van der Waals surface area contributed by atoms with Crippen molar-refractivity contribution in [2.75, 3.05) is 43.9 Å². The number of benzene rings is 2. The summed E-state index contributed by atoms with van der Waals surface area (Å²) in [6, 6.07) is 11.0. The van der Waals surface area contributed by atoms with Gasteiger partial charge in [-0.05, 0) is 118 Å². The van der Waals surface area contributed by atoms with Gasteiger partial charge in [-0.3, -0.25) is 38.9 Å². The largest absolute Gasteiger partial charge is 0.494 e. The number of rotatable bonds is 10. The number of hydrogen-bond donors (Lipinski definition) is 3. The molecule has 0 bridgehead atoms. The predicted octanol–water partition coefficient (Wildman–Crippen LogP) is 6.45. The Morgan fingerprint density at radius 2 is 1.69 bits per heavy atom. The topological polar surface area (TPSA) is 168 Å². The SMILES string of the molecule is COc1cc2nn([C@H]3CC[C@H](CN4CCC5(CC4)CC(CNc4cccc6c4C(=O)N([C@@H]4CCC(=O)NC4=O)C6=O)C5)CC3)cc2cc1NC(=O)c1cccc(C(F)(F)F)n1. The van der Waals surface area contributed by atoms with Gasteiger partial charge < -0.3 is 20.3 Å². The van der Waals surface area contributed by atoms with Crippen LogP contribution >= 0.6 is 0 Å². The minimum atomic E-state index is -4.67. The molecule has 4 aromatic rings. The van der Waals surface area contributed by atoms with E-state index in [-0.39, 0.29) is 30.1 Å². The van der Waals surface area contributed by atoms with Crippen LogP contribution in [0.3, 0.4) is 0 Å². The first kappa shape index (κ1) is 40.6. The smallest absolute Gasteiger partial charge is 0.433 e. The Morgan fingerprint density at radius 3 is 2.41 bits per heavy atom. The minimum absolute atomic E-state index is 0.0790. The summed E-state index contributed by atoms with van der Waals surface area (Å²) in [6.07, 6.45) is 6.21. The molecule has 5 aliphatic rings.